The van der Waals surface area contributed by atoms with Crippen LogP contribution in [0.15, 0.2) is 48.5 Å². The molecule has 0 fully saturated rings. The zero-order valence-electron chi connectivity index (χ0n) is 14.1. The number of benzene rings is 2. The molecule has 0 saturated heterocycles. The summed E-state index contributed by atoms with van der Waals surface area (Å²) in [5.41, 5.74) is 3.10. The van der Waals surface area contributed by atoms with Gasteiger partial charge in [0.2, 0.25) is 0 Å². The number of hydrogen-bond donors (Lipinski definition) is 2. The molecule has 122 valence electrons. The van der Waals surface area contributed by atoms with Crippen LogP contribution in [-0.2, 0) is 4.79 Å². The Morgan fingerprint density at radius 3 is 2.80 bits per heavy atom. The van der Waals surface area contributed by atoms with Crippen LogP contribution < -0.4 is 34.9 Å². The van der Waals surface area contributed by atoms with Crippen LogP contribution in [0.25, 0.3) is 22.4 Å². The molecule has 0 spiro atoms. The fourth-order valence-electron chi connectivity index (χ4n) is 2.35. The summed E-state index contributed by atoms with van der Waals surface area (Å²) in [6.07, 6.45) is 4.86. The minimum Gasteiger partial charge on any atom is -0.481 e. The van der Waals surface area contributed by atoms with Crippen molar-refractivity contribution in [1.82, 2.24) is 4.98 Å². The van der Waals surface area contributed by atoms with Gasteiger partial charge in [-0.1, -0.05) is 30.3 Å². The molecule has 1 heterocycles. The van der Waals surface area contributed by atoms with Crippen LogP contribution in [0.4, 0.5) is 5.69 Å². The Kier molecular flexibility index (Phi) is 7.65. The second-order valence-electron chi connectivity index (χ2n) is 5.40. The molecule has 0 aliphatic heterocycles. The molecule has 6 heteroatoms. The first-order chi connectivity index (χ1) is 11.7. The Morgan fingerprint density at radius 1 is 1.16 bits per heavy atom. The number of nitrogens with zero attached hydrogens (tertiary/aromatic N) is 1. The Hall–Kier alpha value is -1.66. The second kappa shape index (κ2) is 9.73. The van der Waals surface area contributed by atoms with E-state index in [2.05, 4.69) is 16.4 Å². The van der Waals surface area contributed by atoms with Crippen molar-refractivity contribution < 1.29 is 39.5 Å². The van der Waals surface area contributed by atoms with E-state index in [-0.39, 0.29) is 36.0 Å². The molecule has 0 unspecified atom stereocenters. The average Bonchev–Trinajstić information content (AvgIpc) is 3.00. The number of aliphatic carboxylic acids is 1. The molecule has 0 saturated carbocycles. The minimum absolute atomic E-state index is 0. The SMILES string of the molecule is O=C(O)CCCNc1cccc(/C=C/c2nc3ccccc3s2)c1.[Na+]. The van der Waals surface area contributed by atoms with Crippen LogP contribution >= 0.6 is 11.3 Å². The molecular weight excluding hydrogens is 343 g/mol. The van der Waals surface area contributed by atoms with Gasteiger partial charge >= 0.3 is 35.5 Å². The molecule has 2 aromatic carbocycles. The van der Waals surface area contributed by atoms with Gasteiger partial charge in [0.25, 0.3) is 0 Å². The maximum Gasteiger partial charge on any atom is 1.00 e. The predicted octanol–water partition coefficient (Wildman–Crippen LogP) is 1.75. The molecule has 3 aromatic rings. The summed E-state index contributed by atoms with van der Waals surface area (Å²) >= 11 is 1.67. The van der Waals surface area contributed by atoms with Crippen LogP contribution in [0.2, 0.25) is 0 Å². The standard InChI is InChI=1S/C19H18N2O2S.Na/c22-19(23)9-4-12-20-15-6-3-5-14(13-15)10-11-18-21-16-7-1-2-8-17(16)24-18;/h1-3,5-8,10-11,13,20H,4,9,12H2,(H,22,23);/q;+1/b11-10+;. The summed E-state index contributed by atoms with van der Waals surface area (Å²) < 4.78 is 1.19. The van der Waals surface area contributed by atoms with E-state index in [0.717, 1.165) is 21.8 Å². The number of nitrogens with one attached hydrogen (secondary N) is 1. The normalized spacial score (nSPS) is 10.7. The number of fused-ring (bicyclic) bond motifs is 1. The van der Waals surface area contributed by atoms with Gasteiger partial charge in [0.1, 0.15) is 5.01 Å². The zero-order valence-corrected chi connectivity index (χ0v) is 16.9. The summed E-state index contributed by atoms with van der Waals surface area (Å²) in [6, 6.07) is 16.2. The van der Waals surface area contributed by atoms with Crippen molar-refractivity contribution in [1.29, 1.82) is 0 Å². The number of hydrogen-bond acceptors (Lipinski definition) is 4. The number of carbonyl (C=O) groups is 1. The predicted molar refractivity (Wildman–Crippen MR) is 100 cm³/mol. The zero-order chi connectivity index (χ0) is 16.8. The molecule has 0 radical (unpaired) electrons. The molecule has 1 aromatic heterocycles. The number of carboxylic acid groups (broad SMARTS) is 1. The van der Waals surface area contributed by atoms with Crippen LogP contribution in [0.3, 0.4) is 0 Å². The summed E-state index contributed by atoms with van der Waals surface area (Å²) in [5, 5.41) is 12.9. The summed E-state index contributed by atoms with van der Waals surface area (Å²) in [4.78, 5) is 15.1. The molecule has 4 nitrogen and oxygen atoms in total. The molecule has 25 heavy (non-hydrogen) atoms. The van der Waals surface area contributed by atoms with Gasteiger partial charge in [0, 0.05) is 18.7 Å². The number of rotatable bonds is 7. The third kappa shape index (κ3) is 5.97. The fourth-order valence-corrected chi connectivity index (χ4v) is 3.22. The van der Waals surface area contributed by atoms with E-state index in [1.807, 2.05) is 54.6 Å². The van der Waals surface area contributed by atoms with Crippen LogP contribution in [0, 0.1) is 0 Å². The maximum atomic E-state index is 10.5. The first-order valence-corrected chi connectivity index (χ1v) is 8.62. The molecule has 0 atom stereocenters. The van der Waals surface area contributed by atoms with Gasteiger partial charge in [-0.3, -0.25) is 4.79 Å². The Balaban J connectivity index is 0.00000225. The average molecular weight is 361 g/mol. The fraction of sp³-hybridized carbons (Fsp3) is 0.158. The minimum atomic E-state index is -0.760. The van der Waals surface area contributed by atoms with Crippen molar-refractivity contribution in [2.24, 2.45) is 0 Å². The van der Waals surface area contributed by atoms with E-state index in [9.17, 15) is 4.79 Å². The Bertz CT molecular complexity index is 843. The van der Waals surface area contributed by atoms with E-state index in [0.29, 0.717) is 13.0 Å². The van der Waals surface area contributed by atoms with Gasteiger partial charge in [-0.15, -0.1) is 11.3 Å². The third-order valence-electron chi connectivity index (χ3n) is 3.51. The van der Waals surface area contributed by atoms with Crippen LogP contribution in [-0.4, -0.2) is 22.6 Å². The van der Waals surface area contributed by atoms with E-state index in [1.54, 1.807) is 11.3 Å². The molecule has 2 N–H and O–H groups in total. The van der Waals surface area contributed by atoms with E-state index >= 15 is 0 Å². The Morgan fingerprint density at radius 2 is 2.00 bits per heavy atom. The van der Waals surface area contributed by atoms with Gasteiger partial charge in [-0.25, -0.2) is 4.98 Å². The van der Waals surface area contributed by atoms with Crippen molar-refractivity contribution >= 4 is 45.4 Å². The quantitative estimate of drug-likeness (QED) is 0.497. The van der Waals surface area contributed by atoms with Crippen molar-refractivity contribution in [3.05, 3.63) is 59.1 Å². The van der Waals surface area contributed by atoms with E-state index in [4.69, 9.17) is 5.11 Å². The van der Waals surface area contributed by atoms with Crippen molar-refractivity contribution in [2.45, 2.75) is 12.8 Å². The second-order valence-corrected chi connectivity index (χ2v) is 6.46. The Labute approximate surface area is 172 Å². The van der Waals surface area contributed by atoms with Crippen molar-refractivity contribution in [2.75, 3.05) is 11.9 Å². The summed E-state index contributed by atoms with van der Waals surface area (Å²) in [7, 11) is 0. The molecule has 0 bridgehead atoms. The van der Waals surface area contributed by atoms with Crippen LogP contribution in [0.1, 0.15) is 23.4 Å². The van der Waals surface area contributed by atoms with Gasteiger partial charge in [0.05, 0.1) is 10.2 Å². The number of para-hydroxylation sites is 1. The third-order valence-corrected chi connectivity index (χ3v) is 4.51. The van der Waals surface area contributed by atoms with Crippen molar-refractivity contribution in [3.8, 4) is 0 Å². The largest absolute Gasteiger partial charge is 1.00 e. The van der Waals surface area contributed by atoms with Gasteiger partial charge < -0.3 is 10.4 Å². The first kappa shape index (κ1) is 19.7. The summed E-state index contributed by atoms with van der Waals surface area (Å²) in [5.74, 6) is -0.760. The number of carboxylic acids is 1. The smallest absolute Gasteiger partial charge is 0.481 e. The topological polar surface area (TPSA) is 62.2 Å². The number of anilines is 1. The van der Waals surface area contributed by atoms with Gasteiger partial charge in [-0.2, -0.15) is 0 Å². The number of aromatic nitrogens is 1. The molecule has 0 amide bonds. The maximum absolute atomic E-state index is 10.5. The monoisotopic (exact) mass is 361 g/mol. The molecule has 3 rings (SSSR count). The van der Waals surface area contributed by atoms with Crippen LogP contribution in [0.5, 0.6) is 0 Å². The molecule has 0 aliphatic rings. The van der Waals surface area contributed by atoms with Crippen molar-refractivity contribution in [3.63, 3.8) is 0 Å². The first-order valence-electron chi connectivity index (χ1n) is 7.80. The van der Waals surface area contributed by atoms with Gasteiger partial charge in [0.15, 0.2) is 0 Å². The molecular formula is C19H18N2NaO2S+. The summed E-state index contributed by atoms with van der Waals surface area (Å²) in [6.45, 7) is 0.650. The van der Waals surface area contributed by atoms with E-state index < -0.39 is 5.97 Å². The van der Waals surface area contributed by atoms with Gasteiger partial charge in [-0.05, 0) is 42.3 Å². The molecule has 0 aliphatic carbocycles. The van der Waals surface area contributed by atoms with E-state index in [1.165, 1.54) is 4.70 Å². The number of thiazole rings is 1.